The van der Waals surface area contributed by atoms with E-state index in [0.717, 1.165) is 5.54 Å². The van der Waals surface area contributed by atoms with Gasteiger partial charge in [-0.15, -0.1) is 0 Å². The average molecular weight is 159 g/mol. The van der Waals surface area contributed by atoms with Gasteiger partial charge < -0.3 is 4.23 Å². The third-order valence-corrected chi connectivity index (χ3v) is 13.2. The molecule has 1 fully saturated rings. The highest BCUT2D eigenvalue weighted by molar-refractivity contribution is 6.84. The number of hydrogen-bond acceptors (Lipinski definition) is 1. The topological polar surface area (TPSA) is 3.24 Å². The molecule has 1 nitrogen and oxygen atoms in total. The van der Waals surface area contributed by atoms with Crippen LogP contribution < -0.4 is 0 Å². The van der Waals surface area contributed by atoms with E-state index in [0.29, 0.717) is 0 Å². The summed E-state index contributed by atoms with van der Waals surface area (Å²) in [6.45, 7) is 7.43. The zero-order valence-corrected chi connectivity index (χ0v) is 9.35. The molecule has 1 aliphatic heterocycles. The molecular formula is C6H17NSi2. The fraction of sp³-hybridized carbons (Fsp3) is 1.00. The van der Waals surface area contributed by atoms with Crippen molar-refractivity contribution in [2.45, 2.75) is 31.6 Å². The van der Waals surface area contributed by atoms with Crippen molar-refractivity contribution in [2.75, 3.05) is 7.05 Å². The first-order valence-corrected chi connectivity index (χ1v) is 8.42. The molecule has 54 valence electrons. The van der Waals surface area contributed by atoms with Gasteiger partial charge in [0.25, 0.3) is 0 Å². The molecule has 1 heterocycles. The van der Waals surface area contributed by atoms with E-state index in [-0.39, 0.29) is 9.68 Å². The van der Waals surface area contributed by atoms with E-state index in [9.17, 15) is 0 Å². The lowest BCUT2D eigenvalue weighted by atomic mass is 10.6. The van der Waals surface area contributed by atoms with Crippen molar-refractivity contribution in [3.8, 4) is 0 Å². The molecule has 1 atom stereocenters. The molecule has 9 heavy (non-hydrogen) atoms. The van der Waals surface area contributed by atoms with E-state index in [4.69, 9.17) is 0 Å². The van der Waals surface area contributed by atoms with E-state index in [1.54, 1.807) is 6.04 Å². The van der Waals surface area contributed by atoms with E-state index in [1.807, 2.05) is 0 Å². The Labute approximate surface area is 61.4 Å². The molecule has 0 saturated carbocycles. The second-order valence-electron chi connectivity index (χ2n) is 3.76. The van der Waals surface area contributed by atoms with Gasteiger partial charge in [0.1, 0.15) is 8.24 Å². The van der Waals surface area contributed by atoms with Crippen molar-refractivity contribution < 1.29 is 0 Å². The van der Waals surface area contributed by atoms with Gasteiger partial charge in [-0.2, -0.15) is 0 Å². The normalized spacial score (nSPS) is 38.0. The Kier molecular flexibility index (Phi) is 1.85. The maximum atomic E-state index is 2.72. The van der Waals surface area contributed by atoms with Gasteiger partial charge in [-0.25, -0.2) is 0 Å². The molecule has 1 aliphatic rings. The van der Waals surface area contributed by atoms with Crippen LogP contribution in [0, 0.1) is 0 Å². The van der Waals surface area contributed by atoms with Crippen LogP contribution in [0.25, 0.3) is 0 Å². The van der Waals surface area contributed by atoms with E-state index in [2.05, 4.69) is 31.3 Å². The van der Waals surface area contributed by atoms with Crippen molar-refractivity contribution in [3.63, 3.8) is 0 Å². The molecule has 0 spiro atoms. The lowest BCUT2D eigenvalue weighted by molar-refractivity contribution is 0.803. The largest absolute Gasteiger partial charge is 0.353 e. The molecule has 1 rings (SSSR count). The summed E-state index contributed by atoms with van der Waals surface area (Å²) in [5, 5.41) is 0. The fourth-order valence-electron chi connectivity index (χ4n) is 1.40. The molecule has 3 heteroatoms. The summed E-state index contributed by atoms with van der Waals surface area (Å²) in [5.41, 5.74) is 1.06. The maximum absolute atomic E-state index is 2.72. The second-order valence-corrected chi connectivity index (χ2v) is 11.4. The predicted molar refractivity (Wildman–Crippen MR) is 48.0 cm³/mol. The molecule has 1 unspecified atom stereocenters. The van der Waals surface area contributed by atoms with Gasteiger partial charge in [0.2, 0.25) is 0 Å². The van der Waals surface area contributed by atoms with Crippen LogP contribution in [0.2, 0.25) is 24.7 Å². The van der Waals surface area contributed by atoms with E-state index in [1.165, 1.54) is 0 Å². The highest BCUT2D eigenvalue weighted by Gasteiger charge is 2.37. The van der Waals surface area contributed by atoms with E-state index >= 15 is 0 Å². The van der Waals surface area contributed by atoms with Crippen molar-refractivity contribution in [1.82, 2.24) is 4.23 Å². The third-order valence-electron chi connectivity index (χ3n) is 3.09. The summed E-state index contributed by atoms with van der Waals surface area (Å²) in [6, 6.07) is 1.57. The first-order valence-electron chi connectivity index (χ1n) is 3.76. The molecule has 0 bridgehead atoms. The van der Waals surface area contributed by atoms with Gasteiger partial charge in [0.15, 0.2) is 0 Å². The van der Waals surface area contributed by atoms with Crippen molar-refractivity contribution in [3.05, 3.63) is 0 Å². The Morgan fingerprint density at radius 3 is 2.22 bits per heavy atom. The summed E-state index contributed by atoms with van der Waals surface area (Å²) in [4.78, 5) is 0. The Morgan fingerprint density at radius 2 is 2.11 bits per heavy atom. The van der Waals surface area contributed by atoms with Crippen LogP contribution in [0.15, 0.2) is 0 Å². The Balaban J connectivity index is 2.66. The molecule has 1 saturated heterocycles. The minimum Gasteiger partial charge on any atom is -0.353 e. The average Bonchev–Trinajstić information content (AvgIpc) is 1.96. The quantitative estimate of drug-likeness (QED) is 0.477. The maximum Gasteiger partial charge on any atom is 0.117 e. The van der Waals surface area contributed by atoms with Crippen LogP contribution in [-0.4, -0.2) is 29.2 Å². The number of nitrogens with zero attached hydrogens (tertiary/aromatic N) is 1. The smallest absolute Gasteiger partial charge is 0.117 e. The summed E-state index contributed by atoms with van der Waals surface area (Å²) in [6.07, 6.45) is 0. The summed E-state index contributed by atoms with van der Waals surface area (Å²) in [5.74, 6) is 0. The third kappa shape index (κ3) is 1.13. The molecule has 0 N–H and O–H groups in total. The van der Waals surface area contributed by atoms with Crippen LogP contribution >= 0.6 is 0 Å². The second kappa shape index (κ2) is 2.21. The van der Waals surface area contributed by atoms with Crippen LogP contribution in [0.3, 0.4) is 0 Å². The van der Waals surface area contributed by atoms with Gasteiger partial charge in [0.05, 0.1) is 9.68 Å². The first kappa shape index (κ1) is 7.50. The minimum atomic E-state index is -0.852. The molecule has 0 radical (unpaired) electrons. The number of rotatable bonds is 0. The van der Waals surface area contributed by atoms with E-state index < -0.39 is 8.24 Å². The lowest BCUT2D eigenvalue weighted by Crippen LogP contribution is -2.43. The zero-order chi connectivity index (χ0) is 7.07. The van der Waals surface area contributed by atoms with Gasteiger partial charge in [0, 0.05) is 0 Å². The molecule has 0 aromatic heterocycles. The highest BCUT2D eigenvalue weighted by atomic mass is 28.4. The van der Waals surface area contributed by atoms with Gasteiger partial charge in [-0.3, -0.25) is 0 Å². The van der Waals surface area contributed by atoms with Crippen LogP contribution in [0.1, 0.15) is 6.92 Å². The molecule has 0 amide bonds. The Bertz CT molecular complexity index is 102. The summed E-state index contributed by atoms with van der Waals surface area (Å²) >= 11 is 0. The molecular weight excluding hydrogens is 142 g/mol. The lowest BCUT2D eigenvalue weighted by Gasteiger charge is -2.29. The fourth-order valence-corrected chi connectivity index (χ4v) is 9.77. The summed E-state index contributed by atoms with van der Waals surface area (Å²) < 4.78 is 2.72. The monoisotopic (exact) mass is 159 g/mol. The molecule has 0 aromatic rings. The number of hydrogen-bond donors (Lipinski definition) is 0. The molecule has 0 aromatic carbocycles. The first-order chi connectivity index (χ1) is 4.05. The Hall–Kier alpha value is 0.394. The van der Waals surface area contributed by atoms with Gasteiger partial charge >= 0.3 is 0 Å². The highest BCUT2D eigenvalue weighted by Crippen LogP contribution is 2.33. The standard InChI is InChI=1S/C6H17NSi2/c1-6-5-8-7(2)9(6,3)4/h6H,5,8H2,1-4H3. The predicted octanol–water partition coefficient (Wildman–Crippen LogP) is 1.03. The van der Waals surface area contributed by atoms with Crippen LogP contribution in [0.5, 0.6) is 0 Å². The van der Waals surface area contributed by atoms with Crippen molar-refractivity contribution >= 4 is 17.9 Å². The SMILES string of the molecule is CC1C[SiH2]N(C)[Si]1(C)C. The van der Waals surface area contributed by atoms with Gasteiger partial charge in [-0.1, -0.05) is 20.0 Å². The molecule has 0 aliphatic carbocycles. The van der Waals surface area contributed by atoms with Crippen LogP contribution in [0.4, 0.5) is 0 Å². The van der Waals surface area contributed by atoms with Crippen LogP contribution in [-0.2, 0) is 0 Å². The summed E-state index contributed by atoms with van der Waals surface area (Å²) in [7, 11) is 1.69. The van der Waals surface area contributed by atoms with Crippen molar-refractivity contribution in [1.29, 1.82) is 0 Å². The minimum absolute atomic E-state index is 0.211. The van der Waals surface area contributed by atoms with Gasteiger partial charge in [-0.05, 0) is 18.6 Å². The zero-order valence-electron chi connectivity index (χ0n) is 6.94. The Morgan fingerprint density at radius 1 is 1.56 bits per heavy atom. The van der Waals surface area contributed by atoms with Crippen molar-refractivity contribution in [2.24, 2.45) is 0 Å².